The highest BCUT2D eigenvalue weighted by Gasteiger charge is 2.49. The second kappa shape index (κ2) is 11.4. The van der Waals surface area contributed by atoms with E-state index in [4.69, 9.17) is 10.5 Å². The van der Waals surface area contributed by atoms with Crippen molar-refractivity contribution in [1.29, 1.82) is 0 Å². The van der Waals surface area contributed by atoms with E-state index in [0.29, 0.717) is 11.5 Å². The van der Waals surface area contributed by atoms with Gasteiger partial charge in [0.1, 0.15) is 29.7 Å². The van der Waals surface area contributed by atoms with Gasteiger partial charge >= 0.3 is 0 Å². The first kappa shape index (κ1) is 28.9. The molecular weight excluding hydrogens is 505 g/mol. The zero-order chi connectivity index (χ0) is 28.3. The smallest absolute Gasteiger partial charge is 0.175 e. The minimum absolute atomic E-state index is 0.0230. The second-order valence-corrected chi connectivity index (χ2v) is 9.44. The van der Waals surface area contributed by atoms with Crippen molar-refractivity contribution in [1.82, 2.24) is 5.01 Å². The standard InChI is InChI=1S/C28H30F5N3O2/c1-17(2)26(34)35-36-13-11-19(15-18(36)3)24-22(31)9-10-23(25(24)32)38-14-12-28(33,16-29)27(4,37)20-5-7-21(30)8-6-20/h5-11,13,15,17,37H,3,12,14,16H2,1-2,4H3,(H2,34,35). The number of amidine groups is 1. The Labute approximate surface area is 218 Å². The van der Waals surface area contributed by atoms with Crippen molar-refractivity contribution in [2.45, 2.75) is 38.5 Å². The van der Waals surface area contributed by atoms with Crippen LogP contribution in [0.25, 0.3) is 5.57 Å². The van der Waals surface area contributed by atoms with Crippen LogP contribution in [0.1, 0.15) is 38.3 Å². The molecule has 0 bridgehead atoms. The molecule has 2 aromatic rings. The van der Waals surface area contributed by atoms with Crippen LogP contribution in [0.15, 0.2) is 72.1 Å². The number of ether oxygens (including phenoxy) is 1. The zero-order valence-corrected chi connectivity index (χ0v) is 21.3. The maximum atomic E-state index is 15.5. The number of aliphatic hydroxyl groups is 1. The number of allylic oxidation sites excluding steroid dienone is 3. The lowest BCUT2D eigenvalue weighted by molar-refractivity contribution is -0.116. The Kier molecular flexibility index (Phi) is 8.66. The van der Waals surface area contributed by atoms with E-state index in [2.05, 4.69) is 11.7 Å². The van der Waals surface area contributed by atoms with E-state index in [9.17, 15) is 18.3 Å². The first-order chi connectivity index (χ1) is 17.8. The molecule has 10 heteroatoms. The minimum atomic E-state index is -2.83. The molecule has 0 radical (unpaired) electrons. The van der Waals surface area contributed by atoms with Crippen LogP contribution in [0, 0.1) is 23.4 Å². The average molecular weight is 536 g/mol. The number of rotatable bonds is 10. The Morgan fingerprint density at radius 2 is 1.82 bits per heavy atom. The summed E-state index contributed by atoms with van der Waals surface area (Å²) < 4.78 is 77.9. The van der Waals surface area contributed by atoms with Crippen LogP contribution in [0.3, 0.4) is 0 Å². The average Bonchev–Trinajstić information content (AvgIpc) is 2.86. The first-order valence-electron chi connectivity index (χ1n) is 11.9. The van der Waals surface area contributed by atoms with Crippen LogP contribution < -0.4 is 10.5 Å². The minimum Gasteiger partial charge on any atom is -0.490 e. The molecule has 0 saturated carbocycles. The van der Waals surface area contributed by atoms with E-state index in [1.54, 1.807) is 0 Å². The normalized spacial score (nSPS) is 17.3. The van der Waals surface area contributed by atoms with Gasteiger partial charge in [0.05, 0.1) is 17.9 Å². The molecule has 1 heterocycles. The lowest BCUT2D eigenvalue weighted by Gasteiger charge is -2.37. The Balaban J connectivity index is 1.79. The van der Waals surface area contributed by atoms with Crippen molar-refractivity contribution in [2.24, 2.45) is 16.8 Å². The summed E-state index contributed by atoms with van der Waals surface area (Å²) in [7, 11) is 0. The predicted octanol–water partition coefficient (Wildman–Crippen LogP) is 6.11. The summed E-state index contributed by atoms with van der Waals surface area (Å²) in [6, 6.07) is 6.34. The Morgan fingerprint density at radius 1 is 1.16 bits per heavy atom. The number of nitrogens with zero attached hydrogens (tertiary/aromatic N) is 2. The van der Waals surface area contributed by atoms with Gasteiger partial charge in [0.25, 0.3) is 0 Å². The number of nitrogens with two attached hydrogens (primary N) is 1. The topological polar surface area (TPSA) is 71.1 Å². The number of hydrazone groups is 1. The van der Waals surface area contributed by atoms with Gasteiger partial charge in [0.2, 0.25) is 0 Å². The quantitative estimate of drug-likeness (QED) is 0.219. The van der Waals surface area contributed by atoms with E-state index in [-0.39, 0.29) is 17.1 Å². The number of hydrogen-bond donors (Lipinski definition) is 2. The Bertz CT molecular complexity index is 1270. The molecule has 2 unspecified atom stereocenters. The third kappa shape index (κ3) is 5.91. The summed E-state index contributed by atoms with van der Waals surface area (Å²) in [6.45, 7) is 6.49. The van der Waals surface area contributed by atoms with Crippen molar-refractivity contribution >= 4 is 11.4 Å². The maximum absolute atomic E-state index is 15.5. The van der Waals surface area contributed by atoms with Gasteiger partial charge in [0.15, 0.2) is 17.2 Å². The predicted molar refractivity (Wildman–Crippen MR) is 137 cm³/mol. The number of halogens is 5. The summed E-state index contributed by atoms with van der Waals surface area (Å²) in [5.74, 6) is -2.61. The molecule has 0 amide bonds. The van der Waals surface area contributed by atoms with Crippen LogP contribution in [-0.4, -0.2) is 34.9 Å². The Morgan fingerprint density at radius 3 is 2.39 bits per heavy atom. The lowest BCUT2D eigenvalue weighted by atomic mass is 9.79. The molecule has 5 nitrogen and oxygen atoms in total. The number of hydrogen-bond acceptors (Lipinski definition) is 4. The molecule has 204 valence electrons. The number of alkyl halides is 2. The zero-order valence-electron chi connectivity index (χ0n) is 21.3. The van der Waals surface area contributed by atoms with Gasteiger partial charge in [-0.25, -0.2) is 27.0 Å². The maximum Gasteiger partial charge on any atom is 0.175 e. The summed E-state index contributed by atoms with van der Waals surface area (Å²) in [4.78, 5) is 0. The molecule has 0 spiro atoms. The fourth-order valence-corrected chi connectivity index (χ4v) is 3.74. The molecular formula is C28H30F5N3O2. The Hall–Kier alpha value is -3.66. The molecule has 0 aliphatic carbocycles. The highest BCUT2D eigenvalue weighted by Crippen LogP contribution is 2.40. The summed E-state index contributed by atoms with van der Waals surface area (Å²) in [6.07, 6.45) is 3.61. The highest BCUT2D eigenvalue weighted by molar-refractivity contribution is 5.83. The van der Waals surface area contributed by atoms with Gasteiger partial charge in [-0.3, -0.25) is 0 Å². The van der Waals surface area contributed by atoms with E-state index >= 15 is 8.78 Å². The van der Waals surface area contributed by atoms with Crippen molar-refractivity contribution < 1.29 is 31.8 Å². The van der Waals surface area contributed by atoms with Crippen LogP contribution in [-0.2, 0) is 5.60 Å². The highest BCUT2D eigenvalue weighted by atomic mass is 19.2. The molecule has 1 aliphatic rings. The monoisotopic (exact) mass is 535 g/mol. The van der Waals surface area contributed by atoms with E-state index in [1.807, 2.05) is 13.8 Å². The number of benzene rings is 2. The molecule has 2 aromatic carbocycles. The fraction of sp³-hybridized carbons (Fsp3) is 0.321. The second-order valence-electron chi connectivity index (χ2n) is 9.44. The van der Waals surface area contributed by atoms with Crippen LogP contribution in [0.4, 0.5) is 22.0 Å². The van der Waals surface area contributed by atoms with Gasteiger partial charge in [-0.05, 0) is 54.5 Å². The molecule has 0 aromatic heterocycles. The van der Waals surface area contributed by atoms with Crippen LogP contribution in [0.2, 0.25) is 0 Å². The van der Waals surface area contributed by atoms with Gasteiger partial charge in [0, 0.05) is 18.5 Å². The van der Waals surface area contributed by atoms with Crippen molar-refractivity contribution in [3.63, 3.8) is 0 Å². The molecule has 3 N–H and O–H groups in total. The molecule has 3 rings (SSSR count). The van der Waals surface area contributed by atoms with Crippen molar-refractivity contribution in [3.05, 3.63) is 95.6 Å². The molecule has 38 heavy (non-hydrogen) atoms. The van der Waals surface area contributed by atoms with Crippen LogP contribution >= 0.6 is 0 Å². The fourth-order valence-electron chi connectivity index (χ4n) is 3.74. The van der Waals surface area contributed by atoms with E-state index < -0.39 is 59.7 Å². The summed E-state index contributed by atoms with van der Waals surface area (Å²) in [5, 5.41) is 16.3. The largest absolute Gasteiger partial charge is 0.490 e. The van der Waals surface area contributed by atoms with Gasteiger partial charge in [-0.2, -0.15) is 5.10 Å². The summed E-state index contributed by atoms with van der Waals surface area (Å²) in [5.41, 5.74) is 0.706. The summed E-state index contributed by atoms with van der Waals surface area (Å²) >= 11 is 0. The van der Waals surface area contributed by atoms with Crippen molar-refractivity contribution in [2.75, 3.05) is 13.3 Å². The van der Waals surface area contributed by atoms with Gasteiger partial charge in [-0.1, -0.05) is 32.6 Å². The molecule has 2 atom stereocenters. The first-order valence-corrected chi connectivity index (χ1v) is 11.9. The molecule has 1 aliphatic heterocycles. The SMILES string of the molecule is C=C1C=C(c2c(F)ccc(OCCC(F)(CF)C(C)(O)c3ccc(F)cc3)c2F)C=CN1/N=C(/N)C(C)C. The van der Waals surface area contributed by atoms with Crippen molar-refractivity contribution in [3.8, 4) is 5.75 Å². The molecule has 0 saturated heterocycles. The van der Waals surface area contributed by atoms with E-state index in [1.165, 1.54) is 23.4 Å². The third-order valence-corrected chi connectivity index (χ3v) is 6.42. The lowest BCUT2D eigenvalue weighted by Crippen LogP contribution is -2.49. The van der Waals surface area contributed by atoms with Gasteiger partial charge in [-0.15, -0.1) is 0 Å². The van der Waals surface area contributed by atoms with Gasteiger partial charge < -0.3 is 15.6 Å². The third-order valence-electron chi connectivity index (χ3n) is 6.42. The van der Waals surface area contributed by atoms with E-state index in [0.717, 1.165) is 43.3 Å². The molecule has 0 fully saturated rings. The van der Waals surface area contributed by atoms with Crippen LogP contribution in [0.5, 0.6) is 5.75 Å².